The summed E-state index contributed by atoms with van der Waals surface area (Å²) in [7, 11) is 0. The van der Waals surface area contributed by atoms with E-state index < -0.39 is 11.1 Å². The van der Waals surface area contributed by atoms with Crippen LogP contribution >= 0.6 is 11.6 Å². The van der Waals surface area contributed by atoms with Crippen molar-refractivity contribution in [1.29, 1.82) is 0 Å². The van der Waals surface area contributed by atoms with Crippen LogP contribution in [0, 0.1) is 0 Å². The van der Waals surface area contributed by atoms with E-state index in [2.05, 4.69) is 6.58 Å². The summed E-state index contributed by atoms with van der Waals surface area (Å²) in [6.07, 6.45) is 4.61. The van der Waals surface area contributed by atoms with E-state index in [1.54, 1.807) is 30.3 Å². The van der Waals surface area contributed by atoms with Crippen molar-refractivity contribution in [3.8, 4) is 5.69 Å². The molecule has 2 aromatic rings. The number of benzene rings is 1. The fraction of sp³-hybridized carbons (Fsp3) is 0.0769. The Morgan fingerprint density at radius 3 is 2.56 bits per heavy atom. The van der Waals surface area contributed by atoms with Crippen molar-refractivity contribution < 1.29 is 0 Å². The number of halogens is 1. The van der Waals surface area contributed by atoms with Gasteiger partial charge in [-0.1, -0.05) is 29.8 Å². The highest BCUT2D eigenvalue weighted by molar-refractivity contribution is 6.32. The van der Waals surface area contributed by atoms with Crippen LogP contribution in [0.25, 0.3) is 5.69 Å². The summed E-state index contributed by atoms with van der Waals surface area (Å²) < 4.78 is 2.53. The van der Waals surface area contributed by atoms with Gasteiger partial charge < -0.3 is 4.57 Å². The molecule has 0 atom stereocenters. The molecule has 18 heavy (non-hydrogen) atoms. The first kappa shape index (κ1) is 12.4. The average Bonchev–Trinajstić information content (AvgIpc) is 2.37. The maximum Gasteiger partial charge on any atom is 0.321 e. The number of allylic oxidation sites excluding steroid dienone is 1. The average molecular weight is 263 g/mol. The molecule has 0 saturated carbocycles. The summed E-state index contributed by atoms with van der Waals surface area (Å²) in [5, 5.41) is 0.417. The highest BCUT2D eigenvalue weighted by Crippen LogP contribution is 2.17. The number of hydrogen-bond acceptors (Lipinski definition) is 2. The van der Waals surface area contributed by atoms with Crippen molar-refractivity contribution in [3.63, 3.8) is 0 Å². The molecule has 92 valence electrons. The molecule has 0 radical (unpaired) electrons. The fourth-order valence-electron chi connectivity index (χ4n) is 1.63. The largest absolute Gasteiger partial charge is 0.321 e. The Bertz CT molecular complexity index is 701. The lowest BCUT2D eigenvalue weighted by atomic mass is 10.3. The van der Waals surface area contributed by atoms with Gasteiger partial charge in [0, 0.05) is 18.9 Å². The molecule has 0 unspecified atom stereocenters. The van der Waals surface area contributed by atoms with E-state index in [9.17, 15) is 9.59 Å². The third kappa shape index (κ3) is 2.15. The smallest absolute Gasteiger partial charge is 0.306 e. The molecule has 0 aliphatic carbocycles. The highest BCUT2D eigenvalue weighted by Gasteiger charge is 2.08. The van der Waals surface area contributed by atoms with E-state index in [4.69, 9.17) is 11.6 Å². The maximum atomic E-state index is 12.0. The third-order valence-corrected chi connectivity index (χ3v) is 2.82. The van der Waals surface area contributed by atoms with Crippen molar-refractivity contribution in [1.82, 2.24) is 9.13 Å². The van der Waals surface area contributed by atoms with Gasteiger partial charge in [0.25, 0.3) is 0 Å². The monoisotopic (exact) mass is 262 g/mol. The molecule has 0 aliphatic heterocycles. The Kier molecular flexibility index (Phi) is 3.48. The highest BCUT2D eigenvalue weighted by atomic mass is 35.5. The van der Waals surface area contributed by atoms with Crippen LogP contribution in [0.2, 0.25) is 5.02 Å². The third-order valence-electron chi connectivity index (χ3n) is 2.50. The topological polar surface area (TPSA) is 44.0 Å². The zero-order valence-corrected chi connectivity index (χ0v) is 10.3. The predicted molar refractivity (Wildman–Crippen MR) is 71.5 cm³/mol. The minimum Gasteiger partial charge on any atom is -0.306 e. The van der Waals surface area contributed by atoms with Crippen LogP contribution in [-0.4, -0.2) is 9.13 Å². The Balaban J connectivity index is 2.65. The van der Waals surface area contributed by atoms with Crippen molar-refractivity contribution in [2.45, 2.75) is 6.54 Å². The molecule has 0 N–H and O–H groups in total. The predicted octanol–water partition coefficient (Wildman–Crippen LogP) is 1.84. The summed E-state index contributed by atoms with van der Waals surface area (Å²) >= 11 is 6.00. The molecular formula is C13H11ClN2O2. The standard InChI is InChI=1S/C13H11ClN2O2/c1-2-7-15-8-9-16(13(18)12(15)17)11-6-4-3-5-10(11)14/h2-6,8-9H,1,7H2. The molecule has 0 spiro atoms. The van der Waals surface area contributed by atoms with Crippen LogP contribution < -0.4 is 11.1 Å². The van der Waals surface area contributed by atoms with Crippen molar-refractivity contribution in [2.24, 2.45) is 0 Å². The van der Waals surface area contributed by atoms with Crippen molar-refractivity contribution in [3.05, 3.63) is 75.0 Å². The molecule has 0 amide bonds. The summed E-state index contributed by atoms with van der Waals surface area (Å²) in [6, 6.07) is 6.86. The number of nitrogens with zero attached hydrogens (tertiary/aromatic N) is 2. The van der Waals surface area contributed by atoms with E-state index >= 15 is 0 Å². The quantitative estimate of drug-likeness (QED) is 0.626. The van der Waals surface area contributed by atoms with E-state index in [-0.39, 0.29) is 0 Å². The second-order valence-corrected chi connectivity index (χ2v) is 4.08. The first-order valence-electron chi connectivity index (χ1n) is 5.33. The van der Waals surface area contributed by atoms with Crippen LogP contribution in [0.4, 0.5) is 0 Å². The minimum absolute atomic E-state index is 0.303. The lowest BCUT2D eigenvalue weighted by Crippen LogP contribution is -2.39. The van der Waals surface area contributed by atoms with Crippen LogP contribution in [0.5, 0.6) is 0 Å². The van der Waals surface area contributed by atoms with Gasteiger partial charge in [-0.3, -0.25) is 14.2 Å². The summed E-state index contributed by atoms with van der Waals surface area (Å²) in [5.74, 6) is 0. The molecule has 1 aromatic heterocycles. The van der Waals surface area contributed by atoms with E-state index in [0.29, 0.717) is 17.3 Å². The van der Waals surface area contributed by atoms with Crippen LogP contribution in [-0.2, 0) is 6.54 Å². The normalized spacial score (nSPS) is 10.3. The Morgan fingerprint density at radius 1 is 1.17 bits per heavy atom. The van der Waals surface area contributed by atoms with Gasteiger partial charge in [0.2, 0.25) is 0 Å². The van der Waals surface area contributed by atoms with Crippen LogP contribution in [0.15, 0.2) is 58.9 Å². The van der Waals surface area contributed by atoms with Crippen molar-refractivity contribution in [2.75, 3.05) is 0 Å². The molecule has 1 aromatic carbocycles. The Hall–Kier alpha value is -2.07. The molecule has 5 heteroatoms. The number of para-hydroxylation sites is 1. The maximum absolute atomic E-state index is 12.0. The zero-order chi connectivity index (χ0) is 13.1. The van der Waals surface area contributed by atoms with Gasteiger partial charge in [0.1, 0.15) is 0 Å². The first-order valence-corrected chi connectivity index (χ1v) is 5.71. The molecule has 0 saturated heterocycles. The van der Waals surface area contributed by atoms with Crippen LogP contribution in [0.3, 0.4) is 0 Å². The molecule has 0 bridgehead atoms. The summed E-state index contributed by atoms with van der Waals surface area (Å²) in [4.78, 5) is 23.8. The summed E-state index contributed by atoms with van der Waals surface area (Å²) in [5.41, 5.74) is -0.739. The van der Waals surface area contributed by atoms with Gasteiger partial charge >= 0.3 is 11.1 Å². The van der Waals surface area contributed by atoms with E-state index in [0.717, 1.165) is 0 Å². The number of aromatic nitrogens is 2. The molecule has 0 fully saturated rings. The number of rotatable bonds is 3. The van der Waals surface area contributed by atoms with Crippen LogP contribution in [0.1, 0.15) is 0 Å². The van der Waals surface area contributed by atoms with Gasteiger partial charge in [-0.2, -0.15) is 0 Å². The lowest BCUT2D eigenvalue weighted by molar-refractivity contribution is 0.733. The van der Waals surface area contributed by atoms with Gasteiger partial charge in [-0.15, -0.1) is 6.58 Å². The summed E-state index contributed by atoms with van der Waals surface area (Å²) in [6.45, 7) is 3.83. The SMILES string of the molecule is C=CCn1ccn(-c2ccccc2Cl)c(=O)c1=O. The second-order valence-electron chi connectivity index (χ2n) is 3.67. The first-order chi connectivity index (χ1) is 8.65. The molecule has 2 rings (SSSR count). The molecule has 0 aliphatic rings. The minimum atomic E-state index is -0.632. The Morgan fingerprint density at radius 2 is 1.89 bits per heavy atom. The molecule has 1 heterocycles. The molecule has 4 nitrogen and oxygen atoms in total. The van der Waals surface area contributed by atoms with Gasteiger partial charge in [0.15, 0.2) is 0 Å². The van der Waals surface area contributed by atoms with E-state index in [1.807, 2.05) is 0 Å². The van der Waals surface area contributed by atoms with Gasteiger partial charge in [-0.05, 0) is 12.1 Å². The Labute approximate surface area is 108 Å². The second kappa shape index (κ2) is 5.06. The molecular weight excluding hydrogens is 252 g/mol. The van der Waals surface area contributed by atoms with Gasteiger partial charge in [0.05, 0.1) is 10.7 Å². The lowest BCUT2D eigenvalue weighted by Gasteiger charge is -2.08. The fourth-order valence-corrected chi connectivity index (χ4v) is 1.85. The van der Waals surface area contributed by atoms with E-state index in [1.165, 1.54) is 21.5 Å². The van der Waals surface area contributed by atoms with Gasteiger partial charge in [-0.25, -0.2) is 0 Å². The number of hydrogen-bond donors (Lipinski definition) is 0. The zero-order valence-electron chi connectivity index (χ0n) is 9.54. The van der Waals surface area contributed by atoms with Crippen molar-refractivity contribution >= 4 is 11.6 Å².